The molecule has 0 aromatic carbocycles. The lowest BCUT2D eigenvalue weighted by molar-refractivity contribution is -0.0648. The van der Waals surface area contributed by atoms with Crippen molar-refractivity contribution >= 4 is 15.9 Å². The van der Waals surface area contributed by atoms with Crippen LogP contribution in [0.25, 0.3) is 0 Å². The first kappa shape index (κ1) is 13.1. The smallest absolute Gasteiger partial charge is 0.0802 e. The van der Waals surface area contributed by atoms with E-state index in [1.165, 1.54) is 5.56 Å². The molecule has 96 valence electrons. The second-order valence-corrected chi connectivity index (χ2v) is 5.40. The lowest BCUT2D eigenvalue weighted by atomic mass is 10.2. The van der Waals surface area contributed by atoms with E-state index in [0.29, 0.717) is 12.2 Å². The first-order chi connectivity index (χ1) is 8.17. The molecule has 2 rings (SSSR count). The highest BCUT2D eigenvalue weighted by atomic mass is 79.9. The van der Waals surface area contributed by atoms with Crippen LogP contribution in [0.4, 0.5) is 0 Å². The Morgan fingerprint density at radius 1 is 1.53 bits per heavy atom. The minimum Gasteiger partial charge on any atom is -0.372 e. The summed E-state index contributed by atoms with van der Waals surface area (Å²) in [6, 6.07) is 0. The Morgan fingerprint density at radius 2 is 2.35 bits per heavy atom. The van der Waals surface area contributed by atoms with Crippen LogP contribution in [0.15, 0.2) is 12.4 Å². The van der Waals surface area contributed by atoms with Crippen molar-refractivity contribution < 1.29 is 4.74 Å². The summed E-state index contributed by atoms with van der Waals surface area (Å²) in [7, 11) is 1.96. The van der Waals surface area contributed by atoms with E-state index in [1.54, 1.807) is 0 Å². The third kappa shape index (κ3) is 3.79. The molecule has 1 aliphatic heterocycles. The van der Waals surface area contributed by atoms with E-state index in [0.717, 1.165) is 31.4 Å². The molecule has 0 aliphatic carbocycles. The monoisotopic (exact) mass is 301 g/mol. The standard InChI is InChI=1S/C12H20BrN3O/c1-10-7-16(9-12(5-13)17-10)4-3-11-6-14-15(2)8-11/h6,8,10,12H,3-5,7,9H2,1-2H3. The van der Waals surface area contributed by atoms with Gasteiger partial charge in [0, 0.05) is 38.2 Å². The molecule has 1 saturated heterocycles. The number of alkyl halides is 1. The second kappa shape index (κ2) is 5.98. The Morgan fingerprint density at radius 3 is 3.00 bits per heavy atom. The predicted molar refractivity (Wildman–Crippen MR) is 71.5 cm³/mol. The maximum Gasteiger partial charge on any atom is 0.0802 e. The average Bonchev–Trinajstić information content (AvgIpc) is 2.72. The number of ether oxygens (including phenoxy) is 1. The molecule has 1 aromatic heterocycles. The molecule has 1 aliphatic rings. The van der Waals surface area contributed by atoms with Crippen molar-refractivity contribution in [3.8, 4) is 0 Å². The number of aromatic nitrogens is 2. The molecule has 4 nitrogen and oxygen atoms in total. The van der Waals surface area contributed by atoms with Gasteiger partial charge in [-0.3, -0.25) is 9.58 Å². The van der Waals surface area contributed by atoms with Crippen molar-refractivity contribution in [2.45, 2.75) is 25.6 Å². The van der Waals surface area contributed by atoms with Crippen LogP contribution in [0.5, 0.6) is 0 Å². The zero-order valence-corrected chi connectivity index (χ0v) is 12.1. The molecular formula is C12H20BrN3O. The summed E-state index contributed by atoms with van der Waals surface area (Å²) in [5.41, 5.74) is 1.31. The van der Waals surface area contributed by atoms with Crippen molar-refractivity contribution in [2.24, 2.45) is 7.05 Å². The molecule has 1 fully saturated rings. The Bertz CT molecular complexity index is 355. The van der Waals surface area contributed by atoms with E-state index < -0.39 is 0 Å². The molecule has 0 amide bonds. The van der Waals surface area contributed by atoms with Crippen molar-refractivity contribution in [3.63, 3.8) is 0 Å². The zero-order chi connectivity index (χ0) is 12.3. The second-order valence-electron chi connectivity index (χ2n) is 4.75. The van der Waals surface area contributed by atoms with Crippen LogP contribution in [0.3, 0.4) is 0 Å². The minimum atomic E-state index is 0.327. The fraction of sp³-hybridized carbons (Fsp3) is 0.750. The first-order valence-corrected chi connectivity index (χ1v) is 7.21. The largest absolute Gasteiger partial charge is 0.372 e. The number of nitrogens with zero attached hydrogens (tertiary/aromatic N) is 3. The van der Waals surface area contributed by atoms with Crippen molar-refractivity contribution in [2.75, 3.05) is 25.0 Å². The highest BCUT2D eigenvalue weighted by molar-refractivity contribution is 9.09. The SMILES string of the molecule is CC1CN(CCc2cnn(C)c2)CC(CBr)O1. The van der Waals surface area contributed by atoms with E-state index in [-0.39, 0.29) is 0 Å². The Balaban J connectivity index is 1.82. The highest BCUT2D eigenvalue weighted by Crippen LogP contribution is 2.13. The van der Waals surface area contributed by atoms with Crippen LogP contribution in [-0.2, 0) is 18.2 Å². The number of halogens is 1. The van der Waals surface area contributed by atoms with E-state index in [4.69, 9.17) is 4.74 Å². The molecule has 0 spiro atoms. The van der Waals surface area contributed by atoms with Crippen LogP contribution in [0.1, 0.15) is 12.5 Å². The van der Waals surface area contributed by atoms with Crippen molar-refractivity contribution in [1.82, 2.24) is 14.7 Å². The summed E-state index contributed by atoms with van der Waals surface area (Å²) in [4.78, 5) is 2.48. The molecule has 2 unspecified atom stereocenters. The summed E-state index contributed by atoms with van der Waals surface area (Å²) in [6.45, 7) is 5.29. The van der Waals surface area contributed by atoms with Gasteiger partial charge in [0.1, 0.15) is 0 Å². The fourth-order valence-electron chi connectivity index (χ4n) is 2.30. The van der Waals surface area contributed by atoms with Crippen LogP contribution in [0, 0.1) is 0 Å². The summed E-state index contributed by atoms with van der Waals surface area (Å²) in [6.07, 6.45) is 5.76. The third-order valence-electron chi connectivity index (χ3n) is 3.05. The summed E-state index contributed by atoms with van der Waals surface area (Å²) >= 11 is 3.50. The summed E-state index contributed by atoms with van der Waals surface area (Å²) in [5, 5.41) is 5.11. The average molecular weight is 302 g/mol. The molecule has 17 heavy (non-hydrogen) atoms. The molecule has 1 aromatic rings. The number of aryl methyl sites for hydroxylation is 1. The van der Waals surface area contributed by atoms with Crippen LogP contribution >= 0.6 is 15.9 Å². The maximum absolute atomic E-state index is 5.82. The van der Waals surface area contributed by atoms with Gasteiger partial charge in [-0.05, 0) is 18.9 Å². The van der Waals surface area contributed by atoms with E-state index in [9.17, 15) is 0 Å². The third-order valence-corrected chi connectivity index (χ3v) is 3.77. The van der Waals surface area contributed by atoms with Gasteiger partial charge in [0.05, 0.1) is 18.4 Å². The number of morpholine rings is 1. The number of hydrogen-bond donors (Lipinski definition) is 0. The summed E-state index contributed by atoms with van der Waals surface area (Å²) < 4.78 is 7.68. The predicted octanol–water partition coefficient (Wildman–Crippen LogP) is 1.45. The molecule has 0 N–H and O–H groups in total. The van der Waals surface area contributed by atoms with Crippen LogP contribution in [-0.4, -0.2) is 51.9 Å². The van der Waals surface area contributed by atoms with Gasteiger partial charge in [-0.25, -0.2) is 0 Å². The number of hydrogen-bond acceptors (Lipinski definition) is 3. The van der Waals surface area contributed by atoms with Gasteiger partial charge in [0.25, 0.3) is 0 Å². The van der Waals surface area contributed by atoms with Gasteiger partial charge < -0.3 is 4.74 Å². The van der Waals surface area contributed by atoms with Crippen LogP contribution in [0.2, 0.25) is 0 Å². The normalized spacial score (nSPS) is 26.3. The topological polar surface area (TPSA) is 30.3 Å². The van der Waals surface area contributed by atoms with Crippen molar-refractivity contribution in [3.05, 3.63) is 18.0 Å². The van der Waals surface area contributed by atoms with Crippen LogP contribution < -0.4 is 0 Å². The van der Waals surface area contributed by atoms with E-state index in [1.807, 2.05) is 17.9 Å². The quantitative estimate of drug-likeness (QED) is 0.789. The molecule has 2 heterocycles. The van der Waals surface area contributed by atoms with Gasteiger partial charge in [-0.1, -0.05) is 15.9 Å². The maximum atomic E-state index is 5.82. The van der Waals surface area contributed by atoms with Gasteiger partial charge in [-0.2, -0.15) is 5.10 Å². The Kier molecular flexibility index (Phi) is 4.59. The molecule has 0 bridgehead atoms. The van der Waals surface area contributed by atoms with Gasteiger partial charge in [0.15, 0.2) is 0 Å². The molecule has 0 radical (unpaired) electrons. The first-order valence-electron chi connectivity index (χ1n) is 6.08. The number of rotatable bonds is 4. The molecule has 0 saturated carbocycles. The molecule has 5 heteroatoms. The molecular weight excluding hydrogens is 282 g/mol. The van der Waals surface area contributed by atoms with Gasteiger partial charge >= 0.3 is 0 Å². The van der Waals surface area contributed by atoms with Gasteiger partial charge in [0.2, 0.25) is 0 Å². The lowest BCUT2D eigenvalue weighted by Crippen LogP contribution is -2.47. The summed E-state index contributed by atoms with van der Waals surface area (Å²) in [5.74, 6) is 0. The molecule has 2 atom stereocenters. The van der Waals surface area contributed by atoms with Crippen molar-refractivity contribution in [1.29, 1.82) is 0 Å². The van der Waals surface area contributed by atoms with E-state index >= 15 is 0 Å². The minimum absolute atomic E-state index is 0.327. The Labute approximate surface area is 111 Å². The zero-order valence-electron chi connectivity index (χ0n) is 10.5. The lowest BCUT2D eigenvalue weighted by Gasteiger charge is -2.36. The van der Waals surface area contributed by atoms with Gasteiger partial charge in [-0.15, -0.1) is 0 Å². The fourth-order valence-corrected chi connectivity index (χ4v) is 2.65. The van der Waals surface area contributed by atoms with E-state index in [2.05, 4.69) is 39.0 Å². The Hall–Kier alpha value is -0.390. The highest BCUT2D eigenvalue weighted by Gasteiger charge is 2.23.